The molecule has 0 atom stereocenters. The van der Waals surface area contributed by atoms with Crippen molar-refractivity contribution in [2.75, 3.05) is 0 Å². The summed E-state index contributed by atoms with van der Waals surface area (Å²) in [5.74, 6) is -2.95. The van der Waals surface area contributed by atoms with Crippen LogP contribution in [0.1, 0.15) is 0 Å². The van der Waals surface area contributed by atoms with Gasteiger partial charge in [0.25, 0.3) is 0 Å². The summed E-state index contributed by atoms with van der Waals surface area (Å²) in [6, 6.07) is 5.76. The SMILES string of the molecule is O=[N+]([O-])c1ccc(Oc2cccc(F)c2[N+](=O)[O-])cc1F. The fourth-order valence-electron chi connectivity index (χ4n) is 1.58. The predicted molar refractivity (Wildman–Crippen MR) is 66.2 cm³/mol. The van der Waals surface area contributed by atoms with Crippen molar-refractivity contribution in [3.8, 4) is 11.5 Å². The molecule has 7 nitrogen and oxygen atoms in total. The number of nitrogens with zero attached hydrogens (tertiary/aromatic N) is 2. The van der Waals surface area contributed by atoms with E-state index in [-0.39, 0.29) is 5.75 Å². The van der Waals surface area contributed by atoms with Gasteiger partial charge in [-0.1, -0.05) is 6.07 Å². The highest BCUT2D eigenvalue weighted by Crippen LogP contribution is 2.34. The van der Waals surface area contributed by atoms with E-state index in [2.05, 4.69) is 0 Å². The van der Waals surface area contributed by atoms with Crippen molar-refractivity contribution in [1.82, 2.24) is 0 Å². The normalized spacial score (nSPS) is 10.2. The van der Waals surface area contributed by atoms with Gasteiger partial charge in [0, 0.05) is 12.1 Å². The molecule has 2 rings (SSSR count). The molecule has 0 aliphatic carbocycles. The van der Waals surface area contributed by atoms with E-state index in [1.807, 2.05) is 0 Å². The molecule has 2 aromatic rings. The van der Waals surface area contributed by atoms with Gasteiger partial charge < -0.3 is 4.74 Å². The Hall–Kier alpha value is -3.10. The minimum atomic E-state index is -1.17. The van der Waals surface area contributed by atoms with Crippen LogP contribution in [-0.2, 0) is 0 Å². The monoisotopic (exact) mass is 296 g/mol. The van der Waals surface area contributed by atoms with E-state index >= 15 is 0 Å². The molecule has 0 fully saturated rings. The molecule has 0 amide bonds. The van der Waals surface area contributed by atoms with Gasteiger partial charge >= 0.3 is 11.4 Å². The van der Waals surface area contributed by atoms with Crippen LogP contribution < -0.4 is 4.74 Å². The summed E-state index contributed by atoms with van der Waals surface area (Å²) in [5.41, 5.74) is -1.67. The summed E-state index contributed by atoms with van der Waals surface area (Å²) in [6.45, 7) is 0. The van der Waals surface area contributed by atoms with Gasteiger partial charge in [0.1, 0.15) is 5.75 Å². The lowest BCUT2D eigenvalue weighted by Gasteiger charge is -2.06. The van der Waals surface area contributed by atoms with Crippen LogP contribution in [0.25, 0.3) is 0 Å². The molecule has 0 N–H and O–H groups in total. The minimum Gasteiger partial charge on any atom is -0.450 e. The van der Waals surface area contributed by atoms with Crippen LogP contribution in [0.4, 0.5) is 20.2 Å². The zero-order valence-electron chi connectivity index (χ0n) is 10.2. The highest BCUT2D eigenvalue weighted by atomic mass is 19.1. The number of nitro benzene ring substituents is 2. The lowest BCUT2D eigenvalue weighted by Crippen LogP contribution is -1.97. The Morgan fingerprint density at radius 2 is 1.67 bits per heavy atom. The summed E-state index contributed by atoms with van der Waals surface area (Å²) >= 11 is 0. The van der Waals surface area contributed by atoms with Crippen LogP contribution >= 0.6 is 0 Å². The Kier molecular flexibility index (Phi) is 3.74. The fraction of sp³-hybridized carbons (Fsp3) is 0. The van der Waals surface area contributed by atoms with Gasteiger partial charge in [0.2, 0.25) is 17.4 Å². The molecule has 0 aliphatic heterocycles. The van der Waals surface area contributed by atoms with Crippen molar-refractivity contribution >= 4 is 11.4 Å². The van der Waals surface area contributed by atoms with Crippen molar-refractivity contribution in [2.24, 2.45) is 0 Å². The molecule has 0 radical (unpaired) electrons. The summed E-state index contributed by atoms with van der Waals surface area (Å²) in [5, 5.41) is 21.2. The Morgan fingerprint density at radius 1 is 0.952 bits per heavy atom. The highest BCUT2D eigenvalue weighted by molar-refractivity contribution is 5.50. The standard InChI is InChI=1S/C12H6F2N2O5/c13-8-2-1-3-11(12(8)16(19)20)21-7-4-5-10(15(17)18)9(14)6-7/h1-6H. The molecule has 0 aromatic heterocycles. The number of nitro groups is 2. The molecule has 0 aliphatic rings. The van der Waals surface area contributed by atoms with Crippen LogP contribution in [0.5, 0.6) is 11.5 Å². The molecular weight excluding hydrogens is 290 g/mol. The molecule has 108 valence electrons. The predicted octanol–water partition coefficient (Wildman–Crippen LogP) is 3.57. The number of hydrogen-bond acceptors (Lipinski definition) is 5. The average molecular weight is 296 g/mol. The van der Waals surface area contributed by atoms with Crippen molar-refractivity contribution in [3.05, 3.63) is 68.3 Å². The first-order valence-electron chi connectivity index (χ1n) is 5.45. The van der Waals surface area contributed by atoms with E-state index in [1.54, 1.807) is 0 Å². The summed E-state index contributed by atoms with van der Waals surface area (Å²) in [6.07, 6.45) is 0. The third-order valence-electron chi connectivity index (χ3n) is 2.48. The minimum absolute atomic E-state index is 0.230. The molecule has 0 bridgehead atoms. The zero-order chi connectivity index (χ0) is 15.6. The maximum Gasteiger partial charge on any atom is 0.346 e. The van der Waals surface area contributed by atoms with Crippen LogP contribution in [0.3, 0.4) is 0 Å². The van der Waals surface area contributed by atoms with E-state index in [4.69, 9.17) is 4.74 Å². The number of rotatable bonds is 4. The Bertz CT molecular complexity index is 736. The topological polar surface area (TPSA) is 95.5 Å². The number of hydrogen-bond donors (Lipinski definition) is 0. The van der Waals surface area contributed by atoms with E-state index in [0.717, 1.165) is 24.3 Å². The quantitative estimate of drug-likeness (QED) is 0.634. The molecular formula is C12H6F2N2O5. The number of halogens is 2. The largest absolute Gasteiger partial charge is 0.450 e. The average Bonchev–Trinajstić information content (AvgIpc) is 2.37. The van der Waals surface area contributed by atoms with E-state index in [0.29, 0.717) is 6.07 Å². The van der Waals surface area contributed by atoms with Crippen LogP contribution in [-0.4, -0.2) is 9.85 Å². The number of benzene rings is 2. The van der Waals surface area contributed by atoms with E-state index in [9.17, 15) is 29.0 Å². The first-order chi connectivity index (χ1) is 9.90. The van der Waals surface area contributed by atoms with Gasteiger partial charge in [0.05, 0.1) is 9.85 Å². The summed E-state index contributed by atoms with van der Waals surface area (Å²) in [7, 11) is 0. The fourth-order valence-corrected chi connectivity index (χ4v) is 1.58. The Balaban J connectivity index is 2.39. The van der Waals surface area contributed by atoms with Gasteiger partial charge in [-0.25, -0.2) is 0 Å². The Morgan fingerprint density at radius 3 is 2.24 bits per heavy atom. The van der Waals surface area contributed by atoms with Crippen LogP contribution in [0.2, 0.25) is 0 Å². The molecule has 21 heavy (non-hydrogen) atoms. The van der Waals surface area contributed by atoms with Gasteiger partial charge in [-0.05, 0) is 18.2 Å². The van der Waals surface area contributed by atoms with Crippen molar-refractivity contribution in [2.45, 2.75) is 0 Å². The van der Waals surface area contributed by atoms with Gasteiger partial charge in [-0.2, -0.15) is 8.78 Å². The molecule has 9 heteroatoms. The van der Waals surface area contributed by atoms with E-state index in [1.165, 1.54) is 6.07 Å². The smallest absolute Gasteiger partial charge is 0.346 e. The Labute approximate surface area is 115 Å². The zero-order valence-corrected chi connectivity index (χ0v) is 10.2. The number of para-hydroxylation sites is 1. The second kappa shape index (κ2) is 5.49. The lowest BCUT2D eigenvalue weighted by molar-refractivity contribution is -0.388. The lowest BCUT2D eigenvalue weighted by atomic mass is 10.2. The second-order valence-electron chi connectivity index (χ2n) is 3.82. The third-order valence-corrected chi connectivity index (χ3v) is 2.48. The molecule has 0 spiro atoms. The van der Waals surface area contributed by atoms with Crippen LogP contribution in [0.15, 0.2) is 36.4 Å². The molecule has 0 saturated carbocycles. The van der Waals surface area contributed by atoms with Gasteiger partial charge in [-0.15, -0.1) is 0 Å². The van der Waals surface area contributed by atoms with Gasteiger partial charge in [0.15, 0.2) is 0 Å². The van der Waals surface area contributed by atoms with Crippen molar-refractivity contribution in [3.63, 3.8) is 0 Å². The first-order valence-corrected chi connectivity index (χ1v) is 5.45. The molecule has 0 heterocycles. The first kappa shape index (κ1) is 14.3. The van der Waals surface area contributed by atoms with Crippen LogP contribution in [0, 0.1) is 31.9 Å². The maximum absolute atomic E-state index is 13.4. The van der Waals surface area contributed by atoms with E-state index < -0.39 is 38.6 Å². The third kappa shape index (κ3) is 2.91. The number of ether oxygens (including phenoxy) is 1. The molecule has 0 unspecified atom stereocenters. The second-order valence-corrected chi connectivity index (χ2v) is 3.82. The summed E-state index contributed by atoms with van der Waals surface area (Å²) < 4.78 is 31.8. The maximum atomic E-state index is 13.4. The molecule has 0 saturated heterocycles. The highest BCUT2D eigenvalue weighted by Gasteiger charge is 2.22. The molecule has 2 aromatic carbocycles. The van der Waals surface area contributed by atoms with Gasteiger partial charge in [-0.3, -0.25) is 20.2 Å². The summed E-state index contributed by atoms with van der Waals surface area (Å²) in [4.78, 5) is 19.3. The van der Waals surface area contributed by atoms with Crippen molar-refractivity contribution in [1.29, 1.82) is 0 Å². The van der Waals surface area contributed by atoms with Crippen molar-refractivity contribution < 1.29 is 23.4 Å².